The number of hydrogen-bond donors (Lipinski definition) is 5. The van der Waals surface area contributed by atoms with Gasteiger partial charge >= 0.3 is 0 Å². The van der Waals surface area contributed by atoms with Crippen LogP contribution in [0.2, 0.25) is 0 Å². The summed E-state index contributed by atoms with van der Waals surface area (Å²) in [5.41, 5.74) is 8.08. The summed E-state index contributed by atoms with van der Waals surface area (Å²) in [7, 11) is -7.37. The second-order valence-corrected chi connectivity index (χ2v) is 18.3. The van der Waals surface area contributed by atoms with Gasteiger partial charge in [-0.25, -0.2) is 16.8 Å². The van der Waals surface area contributed by atoms with Crippen molar-refractivity contribution in [2.24, 2.45) is 5.73 Å². The van der Waals surface area contributed by atoms with Crippen LogP contribution in [0.4, 0.5) is 0 Å². The minimum Gasteiger partial charge on any atom is -0.491 e. The Kier molecular flexibility index (Phi) is 11.9. The Bertz CT molecular complexity index is 1840. The number of piperidine rings is 1. The van der Waals surface area contributed by atoms with E-state index in [1.165, 1.54) is 12.1 Å². The lowest BCUT2D eigenvalue weighted by molar-refractivity contribution is -0.0312. The molecule has 3 aromatic rings. The van der Waals surface area contributed by atoms with E-state index < -0.39 is 42.9 Å². The minimum atomic E-state index is -3.69. The smallest absolute Gasteiger partial charge is 0.243 e. The Morgan fingerprint density at radius 3 is 2.37 bits per heavy atom. The van der Waals surface area contributed by atoms with Crippen LogP contribution >= 0.6 is 0 Å². The zero-order valence-corrected chi connectivity index (χ0v) is 30.5. The highest BCUT2D eigenvalue weighted by Crippen LogP contribution is 2.46. The molecular weight excluding hydrogens is 693 g/mol. The van der Waals surface area contributed by atoms with E-state index in [9.17, 15) is 27.0 Å². The molecule has 278 valence electrons. The number of aliphatic hydroxyl groups excluding tert-OH is 2. The molecule has 51 heavy (non-hydrogen) atoms. The molecule has 1 aliphatic carbocycles. The molecule has 2 aliphatic heterocycles. The summed E-state index contributed by atoms with van der Waals surface area (Å²) in [6.45, 7) is 3.25. The Hall–Kier alpha value is -2.92. The molecule has 2 saturated heterocycles. The first-order chi connectivity index (χ1) is 24.5. The van der Waals surface area contributed by atoms with Gasteiger partial charge in [0.1, 0.15) is 18.5 Å². The number of hydrogen-bond acceptors (Lipinski definition) is 11. The summed E-state index contributed by atoms with van der Waals surface area (Å²) in [6, 6.07) is 21.4. The van der Waals surface area contributed by atoms with E-state index >= 15 is 0 Å². The van der Waals surface area contributed by atoms with Crippen molar-refractivity contribution >= 4 is 19.9 Å². The lowest BCUT2D eigenvalue weighted by Gasteiger charge is -2.38. The van der Waals surface area contributed by atoms with Crippen molar-refractivity contribution in [3.8, 4) is 16.9 Å². The molecule has 0 unspecified atom stereocenters. The molecule has 6 N–H and O–H groups in total. The van der Waals surface area contributed by atoms with Crippen molar-refractivity contribution in [3.05, 3.63) is 78.4 Å². The standard InChI is InChI=1S/C37H50N4O8S2/c38-16-3-17-39-23-28-8-10-29(11-9-28)30-4-1-7-35(20-30)51(46,47)41-18-14-36(15-19-41)22-31(25-49-36)40-24-32(43)26-48-33-5-2-6-34(21-33)50(44,45)37(27-42)12-13-37/h1-2,4-11,20-21,31-32,39-40,42-43H,3,12-19,22-27,38H2/t31-,32+/m1/s1. The van der Waals surface area contributed by atoms with Crippen LogP contribution in [0, 0.1) is 0 Å². The van der Waals surface area contributed by atoms with E-state index in [4.69, 9.17) is 15.2 Å². The first kappa shape index (κ1) is 37.8. The van der Waals surface area contributed by atoms with Crippen molar-refractivity contribution in [2.45, 2.75) is 77.4 Å². The van der Waals surface area contributed by atoms with Gasteiger partial charge in [0, 0.05) is 32.2 Å². The SMILES string of the molecule is NCCCNCc1ccc(-c2cccc(S(=O)(=O)N3CCC4(CC3)C[C@@H](NC[C@H](O)COc3cccc(S(=O)(=O)C5(CO)CC5)c3)CO4)c2)cc1. The van der Waals surface area contributed by atoms with Gasteiger partial charge < -0.3 is 36.1 Å². The Morgan fingerprint density at radius 1 is 0.941 bits per heavy atom. The molecule has 2 heterocycles. The highest BCUT2D eigenvalue weighted by atomic mass is 32.2. The molecule has 1 spiro atoms. The first-order valence-corrected chi connectivity index (χ1v) is 20.7. The van der Waals surface area contributed by atoms with Gasteiger partial charge in [-0.3, -0.25) is 0 Å². The topological polar surface area (TPSA) is 181 Å². The van der Waals surface area contributed by atoms with Crippen molar-refractivity contribution < 1.29 is 36.5 Å². The number of nitrogens with one attached hydrogen (secondary N) is 2. The average molecular weight is 743 g/mol. The van der Waals surface area contributed by atoms with Gasteiger partial charge in [0.15, 0.2) is 9.84 Å². The van der Waals surface area contributed by atoms with E-state index in [1.54, 1.807) is 34.6 Å². The maximum absolute atomic E-state index is 13.7. The van der Waals surface area contributed by atoms with E-state index in [0.29, 0.717) is 64.1 Å². The average Bonchev–Trinajstić information content (AvgIpc) is 3.88. The molecule has 2 atom stereocenters. The molecule has 14 heteroatoms. The lowest BCUT2D eigenvalue weighted by Crippen LogP contribution is -2.47. The summed E-state index contributed by atoms with van der Waals surface area (Å²) in [6.07, 6.45) is 2.81. The molecule has 0 radical (unpaired) electrons. The second-order valence-electron chi connectivity index (χ2n) is 14.0. The van der Waals surface area contributed by atoms with Crippen LogP contribution in [-0.4, -0.2) is 106 Å². The summed E-state index contributed by atoms with van der Waals surface area (Å²) < 4.78 is 65.7. The number of ether oxygens (including phenoxy) is 2. The molecule has 1 saturated carbocycles. The number of benzene rings is 3. The van der Waals surface area contributed by atoms with Gasteiger partial charge in [-0.15, -0.1) is 0 Å². The van der Waals surface area contributed by atoms with Gasteiger partial charge in [-0.05, 0) is 98.6 Å². The molecule has 0 amide bonds. The number of sulfone groups is 1. The van der Waals surface area contributed by atoms with Crippen molar-refractivity contribution in [1.82, 2.24) is 14.9 Å². The summed E-state index contributed by atoms with van der Waals surface area (Å²) >= 11 is 0. The number of rotatable bonds is 17. The van der Waals surface area contributed by atoms with Gasteiger partial charge in [0.2, 0.25) is 10.0 Å². The zero-order chi connectivity index (χ0) is 36.1. The molecule has 3 aliphatic rings. The monoisotopic (exact) mass is 742 g/mol. The van der Waals surface area contributed by atoms with Crippen LogP contribution in [-0.2, 0) is 31.1 Å². The van der Waals surface area contributed by atoms with Crippen LogP contribution in [0.15, 0.2) is 82.6 Å². The minimum absolute atomic E-state index is 0.00529. The second kappa shape index (κ2) is 16.0. The predicted molar refractivity (Wildman–Crippen MR) is 195 cm³/mol. The van der Waals surface area contributed by atoms with Gasteiger partial charge in [0.05, 0.1) is 33.4 Å². The zero-order valence-electron chi connectivity index (χ0n) is 28.9. The maximum atomic E-state index is 13.7. The molecule has 12 nitrogen and oxygen atoms in total. The van der Waals surface area contributed by atoms with Gasteiger partial charge in [0.25, 0.3) is 0 Å². The predicted octanol–water partition coefficient (Wildman–Crippen LogP) is 2.43. The number of nitrogens with two attached hydrogens (primary N) is 1. The first-order valence-electron chi connectivity index (χ1n) is 17.7. The summed E-state index contributed by atoms with van der Waals surface area (Å²) in [5, 5.41) is 26.9. The van der Waals surface area contributed by atoms with E-state index in [2.05, 4.69) is 22.8 Å². The van der Waals surface area contributed by atoms with Crippen molar-refractivity contribution in [1.29, 1.82) is 0 Å². The number of sulfonamides is 1. The molecule has 6 rings (SSSR count). The Morgan fingerprint density at radius 2 is 1.67 bits per heavy atom. The quantitative estimate of drug-likeness (QED) is 0.128. The third kappa shape index (κ3) is 8.66. The largest absolute Gasteiger partial charge is 0.491 e. The third-order valence-corrected chi connectivity index (χ3v) is 14.8. The molecule has 0 aromatic heterocycles. The Balaban J connectivity index is 0.960. The van der Waals surface area contributed by atoms with Crippen LogP contribution < -0.4 is 21.1 Å². The fraction of sp³-hybridized carbons (Fsp3) is 0.514. The fourth-order valence-electron chi connectivity index (χ4n) is 6.90. The molecule has 3 fully saturated rings. The maximum Gasteiger partial charge on any atom is 0.243 e. The van der Waals surface area contributed by atoms with E-state index in [1.807, 2.05) is 18.2 Å². The highest BCUT2D eigenvalue weighted by Gasteiger charge is 2.54. The van der Waals surface area contributed by atoms with E-state index in [0.717, 1.165) is 36.2 Å². The fourth-order valence-corrected chi connectivity index (χ4v) is 10.2. The van der Waals surface area contributed by atoms with Crippen molar-refractivity contribution in [2.75, 3.05) is 52.5 Å². The van der Waals surface area contributed by atoms with Crippen LogP contribution in [0.5, 0.6) is 5.75 Å². The molecular formula is C37H50N4O8S2. The summed E-state index contributed by atoms with van der Waals surface area (Å²) in [4.78, 5) is 0.376. The van der Waals surface area contributed by atoms with Gasteiger partial charge in [-0.2, -0.15) is 4.31 Å². The summed E-state index contributed by atoms with van der Waals surface area (Å²) in [5.74, 6) is 0.331. The van der Waals surface area contributed by atoms with Crippen molar-refractivity contribution in [3.63, 3.8) is 0 Å². The Labute approximate surface area is 301 Å². The highest BCUT2D eigenvalue weighted by molar-refractivity contribution is 7.93. The van der Waals surface area contributed by atoms with Gasteiger partial charge in [-0.1, -0.05) is 42.5 Å². The lowest BCUT2D eigenvalue weighted by atomic mass is 9.88. The third-order valence-electron chi connectivity index (χ3n) is 10.4. The van der Waals surface area contributed by atoms with Crippen LogP contribution in [0.3, 0.4) is 0 Å². The van der Waals surface area contributed by atoms with E-state index in [-0.39, 0.29) is 29.0 Å². The van der Waals surface area contributed by atoms with Crippen LogP contribution in [0.25, 0.3) is 11.1 Å². The van der Waals surface area contributed by atoms with Crippen LogP contribution in [0.1, 0.15) is 44.1 Å². The molecule has 3 aromatic carbocycles. The normalized spacial score (nSPS) is 20.7. The number of nitrogens with zero attached hydrogens (tertiary/aromatic N) is 1. The number of aliphatic hydroxyl groups is 2. The molecule has 0 bridgehead atoms.